The highest BCUT2D eigenvalue weighted by Crippen LogP contribution is 2.33. The van der Waals surface area contributed by atoms with Crippen LogP contribution in [0.3, 0.4) is 0 Å². The fourth-order valence-electron chi connectivity index (χ4n) is 4.73. The molecule has 0 atom stereocenters. The van der Waals surface area contributed by atoms with Crippen molar-refractivity contribution in [2.75, 3.05) is 26.2 Å². The van der Waals surface area contributed by atoms with E-state index in [1.165, 1.54) is 12.1 Å². The fraction of sp³-hybridized carbons (Fsp3) is 0.500. The number of benzene rings is 2. The van der Waals surface area contributed by atoms with Gasteiger partial charge >= 0.3 is 6.18 Å². The number of fused-ring (bicyclic) bond motifs is 1. The van der Waals surface area contributed by atoms with E-state index in [0.717, 1.165) is 49.3 Å². The van der Waals surface area contributed by atoms with Crippen LogP contribution in [-0.2, 0) is 23.9 Å². The van der Waals surface area contributed by atoms with Crippen LogP contribution in [0.15, 0.2) is 48.5 Å². The average Bonchev–Trinajstić information content (AvgIpc) is 3.16. The van der Waals surface area contributed by atoms with Gasteiger partial charge in [0.15, 0.2) is 0 Å². The minimum atomic E-state index is -4.30. The van der Waals surface area contributed by atoms with Gasteiger partial charge < -0.3 is 14.2 Å². The predicted octanol–water partition coefficient (Wildman–Crippen LogP) is 5.90. The van der Waals surface area contributed by atoms with E-state index in [0.29, 0.717) is 31.1 Å². The second-order valence-electron chi connectivity index (χ2n) is 9.05. The monoisotopic (exact) mass is 459 g/mol. The van der Waals surface area contributed by atoms with E-state index in [1.54, 1.807) is 12.1 Å². The summed E-state index contributed by atoms with van der Waals surface area (Å²) in [6.07, 6.45) is -1.80. The SMILES string of the molecule is CC(C)OCCn1c(C2CCN(CCc3ccccc3C(F)(F)F)CC2)nc2ccccc21. The number of aromatic nitrogens is 2. The number of hydrogen-bond acceptors (Lipinski definition) is 3. The average molecular weight is 460 g/mol. The Morgan fingerprint density at radius 2 is 1.70 bits per heavy atom. The van der Waals surface area contributed by atoms with Crippen LogP contribution in [-0.4, -0.2) is 46.8 Å². The molecule has 3 aromatic rings. The first-order valence-electron chi connectivity index (χ1n) is 11.8. The van der Waals surface area contributed by atoms with E-state index in [4.69, 9.17) is 9.72 Å². The third kappa shape index (κ3) is 5.76. The van der Waals surface area contributed by atoms with Gasteiger partial charge in [0.25, 0.3) is 0 Å². The van der Waals surface area contributed by atoms with Crippen molar-refractivity contribution in [1.82, 2.24) is 14.5 Å². The summed E-state index contributed by atoms with van der Waals surface area (Å²) in [5.74, 6) is 1.45. The summed E-state index contributed by atoms with van der Waals surface area (Å²) < 4.78 is 47.9. The molecule has 4 nitrogen and oxygen atoms in total. The quantitative estimate of drug-likeness (QED) is 0.420. The zero-order chi connectivity index (χ0) is 23.4. The van der Waals surface area contributed by atoms with Gasteiger partial charge in [0.1, 0.15) is 5.82 Å². The number of nitrogens with zero attached hydrogens (tertiary/aromatic N) is 3. The third-order valence-electron chi connectivity index (χ3n) is 6.42. The summed E-state index contributed by atoms with van der Waals surface area (Å²) in [5.41, 5.74) is 1.99. The minimum Gasteiger partial charge on any atom is -0.377 e. The number of piperidine rings is 1. The van der Waals surface area contributed by atoms with Crippen LogP contribution in [0.25, 0.3) is 11.0 Å². The van der Waals surface area contributed by atoms with Crippen LogP contribution < -0.4 is 0 Å². The highest BCUT2D eigenvalue weighted by atomic mass is 19.4. The summed E-state index contributed by atoms with van der Waals surface area (Å²) >= 11 is 0. The number of halogens is 3. The molecule has 0 saturated carbocycles. The maximum Gasteiger partial charge on any atom is 0.416 e. The van der Waals surface area contributed by atoms with E-state index in [-0.39, 0.29) is 6.10 Å². The van der Waals surface area contributed by atoms with Crippen molar-refractivity contribution in [3.63, 3.8) is 0 Å². The number of rotatable bonds is 8. The normalized spacial score (nSPS) is 16.2. The van der Waals surface area contributed by atoms with E-state index >= 15 is 0 Å². The van der Waals surface area contributed by atoms with Gasteiger partial charge in [-0.3, -0.25) is 0 Å². The summed E-state index contributed by atoms with van der Waals surface area (Å²) in [4.78, 5) is 7.23. The van der Waals surface area contributed by atoms with Gasteiger partial charge in [0, 0.05) is 19.0 Å². The maximum atomic E-state index is 13.3. The molecular weight excluding hydrogens is 427 g/mol. The van der Waals surface area contributed by atoms with Crippen molar-refractivity contribution in [2.24, 2.45) is 0 Å². The molecule has 0 amide bonds. The van der Waals surface area contributed by atoms with E-state index in [2.05, 4.69) is 15.5 Å². The Kier molecular flexibility index (Phi) is 7.39. The lowest BCUT2D eigenvalue weighted by molar-refractivity contribution is -0.138. The topological polar surface area (TPSA) is 30.3 Å². The molecule has 2 aromatic carbocycles. The Hall–Kier alpha value is -2.38. The summed E-state index contributed by atoms with van der Waals surface area (Å²) in [6, 6.07) is 14.1. The highest BCUT2D eigenvalue weighted by Gasteiger charge is 2.33. The van der Waals surface area contributed by atoms with Gasteiger partial charge in [-0.2, -0.15) is 13.2 Å². The number of ether oxygens (including phenoxy) is 1. The Balaban J connectivity index is 1.40. The molecule has 4 rings (SSSR count). The van der Waals surface area contributed by atoms with Gasteiger partial charge in [-0.05, 0) is 70.0 Å². The molecular formula is C26H32F3N3O. The number of hydrogen-bond donors (Lipinski definition) is 0. The van der Waals surface area contributed by atoms with Gasteiger partial charge in [-0.1, -0.05) is 30.3 Å². The zero-order valence-electron chi connectivity index (χ0n) is 19.3. The van der Waals surface area contributed by atoms with Crippen LogP contribution in [0.4, 0.5) is 13.2 Å². The molecule has 1 aromatic heterocycles. The molecule has 0 N–H and O–H groups in total. The molecule has 33 heavy (non-hydrogen) atoms. The van der Waals surface area contributed by atoms with E-state index in [9.17, 15) is 13.2 Å². The Labute approximate surface area is 193 Å². The summed E-state index contributed by atoms with van der Waals surface area (Å²) in [6.45, 7) is 7.85. The number of likely N-dealkylation sites (tertiary alicyclic amines) is 1. The minimum absolute atomic E-state index is 0.189. The Morgan fingerprint density at radius 3 is 2.42 bits per heavy atom. The van der Waals surface area contributed by atoms with Crippen LogP contribution in [0.5, 0.6) is 0 Å². The van der Waals surface area contributed by atoms with Crippen molar-refractivity contribution in [1.29, 1.82) is 0 Å². The first kappa shape index (κ1) is 23.8. The first-order valence-corrected chi connectivity index (χ1v) is 11.8. The van der Waals surface area contributed by atoms with Crippen molar-refractivity contribution >= 4 is 11.0 Å². The molecule has 1 aliphatic heterocycles. The van der Waals surface area contributed by atoms with Crippen molar-refractivity contribution in [2.45, 2.75) is 57.9 Å². The molecule has 1 fully saturated rings. The molecule has 2 heterocycles. The number of alkyl halides is 3. The molecule has 7 heteroatoms. The van der Waals surface area contributed by atoms with E-state index in [1.807, 2.05) is 32.0 Å². The van der Waals surface area contributed by atoms with Crippen molar-refractivity contribution in [3.8, 4) is 0 Å². The smallest absolute Gasteiger partial charge is 0.377 e. The fourth-order valence-corrected chi connectivity index (χ4v) is 4.73. The Bertz CT molecular complexity index is 1050. The second-order valence-corrected chi connectivity index (χ2v) is 9.05. The van der Waals surface area contributed by atoms with Gasteiger partial charge in [0.2, 0.25) is 0 Å². The van der Waals surface area contributed by atoms with Crippen molar-refractivity contribution < 1.29 is 17.9 Å². The molecule has 0 spiro atoms. The van der Waals surface area contributed by atoms with Crippen LogP contribution in [0, 0.1) is 0 Å². The Morgan fingerprint density at radius 1 is 1.00 bits per heavy atom. The number of para-hydroxylation sites is 2. The largest absolute Gasteiger partial charge is 0.416 e. The van der Waals surface area contributed by atoms with Gasteiger partial charge in [-0.25, -0.2) is 4.98 Å². The van der Waals surface area contributed by atoms with Crippen LogP contribution >= 0.6 is 0 Å². The van der Waals surface area contributed by atoms with Crippen LogP contribution in [0.1, 0.15) is 49.6 Å². The molecule has 1 saturated heterocycles. The standard InChI is InChI=1S/C26H32F3N3O/c1-19(2)33-18-17-32-24-10-6-5-9-23(24)30-25(32)21-12-15-31(16-13-21)14-11-20-7-3-4-8-22(20)26(27,28)29/h3-10,19,21H,11-18H2,1-2H3. The van der Waals surface area contributed by atoms with Crippen molar-refractivity contribution in [3.05, 3.63) is 65.5 Å². The molecule has 1 aliphatic rings. The first-order chi connectivity index (χ1) is 15.8. The molecule has 0 radical (unpaired) electrons. The predicted molar refractivity (Wildman–Crippen MR) is 124 cm³/mol. The maximum absolute atomic E-state index is 13.3. The zero-order valence-corrected chi connectivity index (χ0v) is 19.3. The third-order valence-corrected chi connectivity index (χ3v) is 6.42. The molecule has 0 aliphatic carbocycles. The van der Waals surface area contributed by atoms with E-state index < -0.39 is 11.7 Å². The molecule has 0 bridgehead atoms. The lowest BCUT2D eigenvalue weighted by Gasteiger charge is -2.32. The summed E-state index contributed by atoms with van der Waals surface area (Å²) in [5, 5.41) is 0. The van der Waals surface area contributed by atoms with Crippen LogP contribution in [0.2, 0.25) is 0 Å². The lowest BCUT2D eigenvalue weighted by Crippen LogP contribution is -2.35. The number of imidazole rings is 1. The second kappa shape index (κ2) is 10.3. The summed E-state index contributed by atoms with van der Waals surface area (Å²) in [7, 11) is 0. The lowest BCUT2D eigenvalue weighted by atomic mass is 9.95. The molecule has 0 unspecified atom stereocenters. The van der Waals surface area contributed by atoms with Gasteiger partial charge in [0.05, 0.1) is 29.3 Å². The van der Waals surface area contributed by atoms with Gasteiger partial charge in [-0.15, -0.1) is 0 Å². The molecule has 178 valence electrons. The highest BCUT2D eigenvalue weighted by molar-refractivity contribution is 5.76.